The molecule has 0 aromatic heterocycles. The summed E-state index contributed by atoms with van der Waals surface area (Å²) in [6.07, 6.45) is 0.664. The molecule has 0 fully saturated rings. The zero-order valence-corrected chi connectivity index (χ0v) is 11.0. The molecular weight excluding hydrogens is 190 g/mol. The number of nitrogens with one attached hydrogen (secondary N) is 1. The summed E-state index contributed by atoms with van der Waals surface area (Å²) in [7, 11) is 0. The molecule has 3 nitrogen and oxygen atoms in total. The first-order chi connectivity index (χ1) is 6.91. The maximum Gasteiger partial charge on any atom is 0.0936 e. The second-order valence-corrected chi connectivity index (χ2v) is 4.75. The first kappa shape index (κ1) is 14.9. The van der Waals surface area contributed by atoms with E-state index in [-0.39, 0.29) is 18.3 Å². The molecule has 15 heavy (non-hydrogen) atoms. The van der Waals surface area contributed by atoms with Gasteiger partial charge in [-0.1, -0.05) is 13.8 Å². The van der Waals surface area contributed by atoms with Crippen LogP contribution in [0.5, 0.6) is 0 Å². The minimum Gasteiger partial charge on any atom is -0.376 e. The fourth-order valence-corrected chi connectivity index (χ4v) is 1.20. The lowest BCUT2D eigenvalue weighted by molar-refractivity contribution is -0.0574. The summed E-state index contributed by atoms with van der Waals surface area (Å²) in [6, 6.07) is 0.488. The van der Waals surface area contributed by atoms with Crippen LogP contribution in [-0.4, -0.2) is 37.5 Å². The van der Waals surface area contributed by atoms with Gasteiger partial charge in [0, 0.05) is 12.6 Å². The molecular formula is C12H27NO2. The molecule has 0 heterocycles. The molecule has 0 bridgehead atoms. The quantitative estimate of drug-likeness (QED) is 0.676. The Labute approximate surface area is 94.5 Å². The SMILES string of the molecule is CC(C)NCC(COC(C)C)OC(C)C. The number of rotatable bonds is 8. The first-order valence-electron chi connectivity index (χ1n) is 5.92. The number of hydrogen-bond acceptors (Lipinski definition) is 3. The van der Waals surface area contributed by atoms with E-state index < -0.39 is 0 Å². The molecule has 0 spiro atoms. The molecule has 1 N–H and O–H groups in total. The minimum absolute atomic E-state index is 0.148. The van der Waals surface area contributed by atoms with Gasteiger partial charge in [0.2, 0.25) is 0 Å². The van der Waals surface area contributed by atoms with Gasteiger partial charge in [0.15, 0.2) is 0 Å². The molecule has 0 aliphatic heterocycles. The molecule has 1 unspecified atom stereocenters. The van der Waals surface area contributed by atoms with Crippen LogP contribution in [0, 0.1) is 0 Å². The number of hydrogen-bond donors (Lipinski definition) is 1. The summed E-state index contributed by atoms with van der Waals surface area (Å²) >= 11 is 0. The van der Waals surface area contributed by atoms with Crippen LogP contribution in [0.1, 0.15) is 41.5 Å². The Morgan fingerprint density at radius 2 is 1.53 bits per heavy atom. The van der Waals surface area contributed by atoms with Crippen molar-refractivity contribution in [2.45, 2.75) is 65.9 Å². The molecule has 1 atom stereocenters. The van der Waals surface area contributed by atoms with Crippen LogP contribution in [0.25, 0.3) is 0 Å². The molecule has 92 valence electrons. The molecule has 0 amide bonds. The Bertz CT molecular complexity index is 135. The van der Waals surface area contributed by atoms with Crippen molar-refractivity contribution in [3.8, 4) is 0 Å². The molecule has 0 aromatic rings. The van der Waals surface area contributed by atoms with Crippen molar-refractivity contribution >= 4 is 0 Å². The number of ether oxygens (including phenoxy) is 2. The first-order valence-corrected chi connectivity index (χ1v) is 5.92. The smallest absolute Gasteiger partial charge is 0.0936 e. The van der Waals surface area contributed by atoms with Gasteiger partial charge < -0.3 is 14.8 Å². The van der Waals surface area contributed by atoms with Gasteiger partial charge in [0.05, 0.1) is 24.9 Å². The highest BCUT2D eigenvalue weighted by atomic mass is 16.5. The molecule has 0 rings (SSSR count). The molecule has 3 heteroatoms. The predicted octanol–water partition coefficient (Wildman–Crippen LogP) is 2.20. The van der Waals surface area contributed by atoms with E-state index in [4.69, 9.17) is 9.47 Å². The lowest BCUT2D eigenvalue weighted by Gasteiger charge is -2.23. The van der Waals surface area contributed by atoms with Crippen LogP contribution in [0.2, 0.25) is 0 Å². The Hall–Kier alpha value is -0.120. The third-order valence-electron chi connectivity index (χ3n) is 1.83. The lowest BCUT2D eigenvalue weighted by atomic mass is 10.3. The maximum absolute atomic E-state index is 5.76. The highest BCUT2D eigenvalue weighted by Gasteiger charge is 2.12. The second kappa shape index (κ2) is 8.08. The van der Waals surface area contributed by atoms with Crippen LogP contribution < -0.4 is 5.32 Å². The second-order valence-electron chi connectivity index (χ2n) is 4.75. The Morgan fingerprint density at radius 1 is 0.933 bits per heavy atom. The lowest BCUT2D eigenvalue weighted by Crippen LogP contribution is -2.38. The summed E-state index contributed by atoms with van der Waals surface area (Å²) in [4.78, 5) is 0. The van der Waals surface area contributed by atoms with Crippen molar-refractivity contribution < 1.29 is 9.47 Å². The fourth-order valence-electron chi connectivity index (χ4n) is 1.20. The Morgan fingerprint density at radius 3 is 1.93 bits per heavy atom. The third-order valence-corrected chi connectivity index (χ3v) is 1.83. The molecule has 0 aromatic carbocycles. The maximum atomic E-state index is 5.76. The van der Waals surface area contributed by atoms with E-state index in [1.54, 1.807) is 0 Å². The zero-order chi connectivity index (χ0) is 11.8. The molecule has 0 aliphatic rings. The van der Waals surface area contributed by atoms with E-state index in [2.05, 4.69) is 33.0 Å². The standard InChI is InChI=1S/C12H27NO2/c1-9(2)13-7-12(15-11(5)6)8-14-10(3)4/h9-13H,7-8H2,1-6H3. The van der Waals surface area contributed by atoms with Gasteiger partial charge in [-0.3, -0.25) is 0 Å². The van der Waals surface area contributed by atoms with Gasteiger partial charge in [-0.25, -0.2) is 0 Å². The van der Waals surface area contributed by atoms with Crippen LogP contribution in [0.4, 0.5) is 0 Å². The fraction of sp³-hybridized carbons (Fsp3) is 1.00. The molecule has 0 aliphatic carbocycles. The van der Waals surface area contributed by atoms with Crippen molar-refractivity contribution in [3.05, 3.63) is 0 Å². The minimum atomic E-state index is 0.148. The van der Waals surface area contributed by atoms with Crippen LogP contribution >= 0.6 is 0 Å². The average molecular weight is 217 g/mol. The van der Waals surface area contributed by atoms with E-state index in [9.17, 15) is 0 Å². The van der Waals surface area contributed by atoms with Crippen molar-refractivity contribution in [2.75, 3.05) is 13.2 Å². The van der Waals surface area contributed by atoms with E-state index in [1.807, 2.05) is 13.8 Å². The summed E-state index contributed by atoms with van der Waals surface area (Å²) in [6.45, 7) is 14.0. The van der Waals surface area contributed by atoms with E-state index >= 15 is 0 Å². The molecule has 0 saturated carbocycles. The predicted molar refractivity (Wildman–Crippen MR) is 64.2 cm³/mol. The highest BCUT2D eigenvalue weighted by Crippen LogP contribution is 2.01. The van der Waals surface area contributed by atoms with Crippen molar-refractivity contribution in [1.82, 2.24) is 5.32 Å². The Balaban J connectivity index is 3.84. The Kier molecular flexibility index (Phi) is 8.02. The largest absolute Gasteiger partial charge is 0.376 e. The summed E-state index contributed by atoms with van der Waals surface area (Å²) in [5.74, 6) is 0. The van der Waals surface area contributed by atoms with Crippen LogP contribution in [-0.2, 0) is 9.47 Å². The zero-order valence-electron chi connectivity index (χ0n) is 11.0. The van der Waals surface area contributed by atoms with Crippen molar-refractivity contribution in [3.63, 3.8) is 0 Å². The summed E-state index contributed by atoms with van der Waals surface area (Å²) in [5, 5.41) is 3.37. The van der Waals surface area contributed by atoms with Crippen molar-refractivity contribution in [2.24, 2.45) is 0 Å². The van der Waals surface area contributed by atoms with E-state index in [1.165, 1.54) is 0 Å². The third kappa shape index (κ3) is 10.2. The van der Waals surface area contributed by atoms with Gasteiger partial charge in [0.25, 0.3) is 0 Å². The van der Waals surface area contributed by atoms with Crippen LogP contribution in [0.3, 0.4) is 0 Å². The average Bonchev–Trinajstić information content (AvgIpc) is 2.08. The van der Waals surface area contributed by atoms with Gasteiger partial charge in [-0.15, -0.1) is 0 Å². The van der Waals surface area contributed by atoms with E-state index in [0.29, 0.717) is 12.6 Å². The van der Waals surface area contributed by atoms with E-state index in [0.717, 1.165) is 6.54 Å². The summed E-state index contributed by atoms with van der Waals surface area (Å²) in [5.41, 5.74) is 0. The highest BCUT2D eigenvalue weighted by molar-refractivity contribution is 4.65. The van der Waals surface area contributed by atoms with Gasteiger partial charge >= 0.3 is 0 Å². The van der Waals surface area contributed by atoms with Crippen molar-refractivity contribution in [1.29, 1.82) is 0 Å². The molecule has 0 saturated heterocycles. The molecule has 0 radical (unpaired) electrons. The van der Waals surface area contributed by atoms with Gasteiger partial charge in [0.1, 0.15) is 0 Å². The summed E-state index contributed by atoms with van der Waals surface area (Å²) < 4.78 is 11.3. The van der Waals surface area contributed by atoms with Gasteiger partial charge in [-0.2, -0.15) is 0 Å². The monoisotopic (exact) mass is 217 g/mol. The topological polar surface area (TPSA) is 30.5 Å². The van der Waals surface area contributed by atoms with Crippen LogP contribution in [0.15, 0.2) is 0 Å². The van der Waals surface area contributed by atoms with Gasteiger partial charge in [-0.05, 0) is 27.7 Å². The normalized spacial score (nSPS) is 14.2.